The molecule has 25 heavy (non-hydrogen) atoms. The van der Waals surface area contributed by atoms with Gasteiger partial charge in [0.25, 0.3) is 0 Å². The molecule has 0 saturated heterocycles. The predicted molar refractivity (Wildman–Crippen MR) is 95.9 cm³/mol. The van der Waals surface area contributed by atoms with Crippen LogP contribution in [0.2, 0.25) is 0 Å². The van der Waals surface area contributed by atoms with Crippen LogP contribution in [0.15, 0.2) is 48.5 Å². The van der Waals surface area contributed by atoms with Crippen molar-refractivity contribution in [3.8, 4) is 11.5 Å². The summed E-state index contributed by atoms with van der Waals surface area (Å²) in [6.07, 6.45) is 0.974. The van der Waals surface area contributed by atoms with Gasteiger partial charge in [-0.3, -0.25) is 4.79 Å². The lowest BCUT2D eigenvalue weighted by Gasteiger charge is -2.08. The minimum Gasteiger partial charge on any atom is -0.497 e. The Morgan fingerprint density at radius 1 is 1.12 bits per heavy atom. The Hall–Kier alpha value is -3.02. The number of para-hydroxylation sites is 2. The van der Waals surface area contributed by atoms with Crippen LogP contribution < -0.4 is 14.8 Å². The first kappa shape index (κ1) is 16.8. The van der Waals surface area contributed by atoms with Gasteiger partial charge in [-0.2, -0.15) is 0 Å². The van der Waals surface area contributed by atoms with Crippen molar-refractivity contribution in [2.75, 3.05) is 20.3 Å². The zero-order valence-electron chi connectivity index (χ0n) is 14.1. The van der Waals surface area contributed by atoms with E-state index in [0.29, 0.717) is 26.0 Å². The molecule has 6 heteroatoms. The highest BCUT2D eigenvalue weighted by Gasteiger charge is 2.06. The summed E-state index contributed by atoms with van der Waals surface area (Å²) in [5.74, 6) is 2.34. The standard InChI is InChI=1S/C19H21N3O3/c1-24-14-6-8-15(9-7-14)25-13-12-20-19(23)11-10-18-21-16-4-2-3-5-17(16)22-18/h2-9H,10-13H2,1H3,(H,20,23)(H,21,22). The second-order valence-corrected chi connectivity index (χ2v) is 5.57. The number of hydrogen-bond acceptors (Lipinski definition) is 4. The number of methoxy groups -OCH3 is 1. The number of carbonyl (C=O) groups is 1. The third kappa shape index (κ3) is 4.73. The SMILES string of the molecule is COc1ccc(OCCNC(=O)CCc2nc3ccccc3[nH]2)cc1. The Balaban J connectivity index is 1.36. The molecule has 0 fully saturated rings. The van der Waals surface area contributed by atoms with Crippen LogP contribution in [0.3, 0.4) is 0 Å². The zero-order valence-corrected chi connectivity index (χ0v) is 14.1. The number of rotatable bonds is 8. The van der Waals surface area contributed by atoms with Crippen LogP contribution in [0, 0.1) is 0 Å². The van der Waals surface area contributed by atoms with Gasteiger partial charge in [-0.15, -0.1) is 0 Å². The molecule has 6 nitrogen and oxygen atoms in total. The number of aromatic nitrogens is 2. The Morgan fingerprint density at radius 3 is 2.64 bits per heavy atom. The maximum Gasteiger partial charge on any atom is 0.220 e. The van der Waals surface area contributed by atoms with Gasteiger partial charge in [-0.05, 0) is 36.4 Å². The number of fused-ring (bicyclic) bond motifs is 1. The maximum absolute atomic E-state index is 11.9. The van der Waals surface area contributed by atoms with Crippen LogP contribution in [0.1, 0.15) is 12.2 Å². The summed E-state index contributed by atoms with van der Waals surface area (Å²) < 4.78 is 10.7. The van der Waals surface area contributed by atoms with E-state index >= 15 is 0 Å². The topological polar surface area (TPSA) is 76.2 Å². The average molecular weight is 339 g/mol. The normalized spacial score (nSPS) is 10.6. The van der Waals surface area contributed by atoms with Crippen molar-refractivity contribution in [2.24, 2.45) is 0 Å². The summed E-state index contributed by atoms with van der Waals surface area (Å²) in [5, 5.41) is 2.85. The Labute approximate surface area is 146 Å². The summed E-state index contributed by atoms with van der Waals surface area (Å²) in [6.45, 7) is 0.883. The van der Waals surface area contributed by atoms with Gasteiger partial charge in [0.2, 0.25) is 5.91 Å². The summed E-state index contributed by atoms with van der Waals surface area (Å²) >= 11 is 0. The van der Waals surface area contributed by atoms with E-state index in [0.717, 1.165) is 28.4 Å². The summed E-state index contributed by atoms with van der Waals surface area (Å²) in [5.41, 5.74) is 1.91. The molecule has 0 atom stereocenters. The van der Waals surface area contributed by atoms with Crippen LogP contribution in [0.25, 0.3) is 11.0 Å². The number of nitrogens with one attached hydrogen (secondary N) is 2. The maximum atomic E-state index is 11.9. The first-order valence-electron chi connectivity index (χ1n) is 8.22. The second-order valence-electron chi connectivity index (χ2n) is 5.57. The van der Waals surface area contributed by atoms with Crippen LogP contribution in [0.5, 0.6) is 11.5 Å². The van der Waals surface area contributed by atoms with E-state index < -0.39 is 0 Å². The van der Waals surface area contributed by atoms with Crippen LogP contribution in [-0.4, -0.2) is 36.1 Å². The van der Waals surface area contributed by atoms with Crippen molar-refractivity contribution in [1.82, 2.24) is 15.3 Å². The molecule has 1 aromatic heterocycles. The molecule has 0 aliphatic carbocycles. The summed E-state index contributed by atoms with van der Waals surface area (Å²) in [4.78, 5) is 19.6. The van der Waals surface area contributed by atoms with Gasteiger partial charge in [0.05, 0.1) is 24.7 Å². The smallest absolute Gasteiger partial charge is 0.220 e. The highest BCUT2D eigenvalue weighted by atomic mass is 16.5. The highest BCUT2D eigenvalue weighted by Crippen LogP contribution is 2.16. The molecule has 0 aliphatic heterocycles. The number of carbonyl (C=O) groups excluding carboxylic acids is 1. The van der Waals surface area contributed by atoms with Gasteiger partial charge < -0.3 is 19.8 Å². The Bertz CT molecular complexity index is 794. The number of H-pyrrole nitrogens is 1. The van der Waals surface area contributed by atoms with Crippen molar-refractivity contribution in [3.05, 3.63) is 54.4 Å². The van der Waals surface area contributed by atoms with Crippen molar-refractivity contribution in [1.29, 1.82) is 0 Å². The van der Waals surface area contributed by atoms with Crippen molar-refractivity contribution >= 4 is 16.9 Å². The van der Waals surface area contributed by atoms with Crippen molar-refractivity contribution < 1.29 is 14.3 Å². The van der Waals surface area contributed by atoms with Crippen LogP contribution in [-0.2, 0) is 11.2 Å². The molecule has 0 radical (unpaired) electrons. The number of ether oxygens (including phenoxy) is 2. The van der Waals surface area contributed by atoms with E-state index in [2.05, 4.69) is 15.3 Å². The number of aromatic amines is 1. The Morgan fingerprint density at radius 2 is 1.88 bits per heavy atom. The average Bonchev–Trinajstić information content (AvgIpc) is 3.07. The lowest BCUT2D eigenvalue weighted by Crippen LogP contribution is -2.28. The molecule has 2 aromatic carbocycles. The molecule has 0 aliphatic rings. The van der Waals surface area contributed by atoms with Crippen LogP contribution >= 0.6 is 0 Å². The van der Waals surface area contributed by atoms with E-state index in [9.17, 15) is 4.79 Å². The van der Waals surface area contributed by atoms with E-state index in [4.69, 9.17) is 9.47 Å². The van der Waals surface area contributed by atoms with Crippen molar-refractivity contribution in [3.63, 3.8) is 0 Å². The third-order valence-corrected chi connectivity index (χ3v) is 3.78. The molecule has 0 bridgehead atoms. The van der Waals surface area contributed by atoms with Gasteiger partial charge in [-0.1, -0.05) is 12.1 Å². The number of hydrogen-bond donors (Lipinski definition) is 2. The lowest BCUT2D eigenvalue weighted by atomic mass is 10.3. The largest absolute Gasteiger partial charge is 0.497 e. The summed E-state index contributed by atoms with van der Waals surface area (Å²) in [6, 6.07) is 15.2. The molecule has 3 rings (SSSR count). The molecule has 130 valence electrons. The number of imidazole rings is 1. The molecule has 0 unspecified atom stereocenters. The Kier molecular flexibility index (Phi) is 5.51. The molecule has 0 spiro atoms. The first-order valence-corrected chi connectivity index (χ1v) is 8.22. The number of aryl methyl sites for hydroxylation is 1. The third-order valence-electron chi connectivity index (χ3n) is 3.78. The highest BCUT2D eigenvalue weighted by molar-refractivity contribution is 5.77. The lowest BCUT2D eigenvalue weighted by molar-refractivity contribution is -0.121. The van der Waals surface area contributed by atoms with Crippen molar-refractivity contribution in [2.45, 2.75) is 12.8 Å². The monoisotopic (exact) mass is 339 g/mol. The van der Waals surface area contributed by atoms with Crippen LogP contribution in [0.4, 0.5) is 0 Å². The van der Waals surface area contributed by atoms with E-state index in [-0.39, 0.29) is 5.91 Å². The molecule has 0 saturated carbocycles. The first-order chi connectivity index (χ1) is 12.2. The van der Waals surface area contributed by atoms with E-state index in [1.807, 2.05) is 48.5 Å². The minimum absolute atomic E-state index is 0.0150. The molecule has 2 N–H and O–H groups in total. The fourth-order valence-electron chi connectivity index (χ4n) is 2.48. The van der Waals surface area contributed by atoms with Gasteiger partial charge in [-0.25, -0.2) is 4.98 Å². The minimum atomic E-state index is -0.0150. The quantitative estimate of drug-likeness (QED) is 0.619. The number of amides is 1. The summed E-state index contributed by atoms with van der Waals surface area (Å²) in [7, 11) is 1.62. The predicted octanol–water partition coefficient (Wildman–Crippen LogP) is 2.70. The fraction of sp³-hybridized carbons (Fsp3) is 0.263. The molecular formula is C19H21N3O3. The van der Waals surface area contributed by atoms with Gasteiger partial charge in [0.1, 0.15) is 23.9 Å². The molecule has 3 aromatic rings. The van der Waals surface area contributed by atoms with Gasteiger partial charge >= 0.3 is 0 Å². The number of nitrogens with zero attached hydrogens (tertiary/aromatic N) is 1. The van der Waals surface area contributed by atoms with Gasteiger partial charge in [0, 0.05) is 12.8 Å². The fourth-order valence-corrected chi connectivity index (χ4v) is 2.48. The molecule has 1 amide bonds. The second kappa shape index (κ2) is 8.19. The molecular weight excluding hydrogens is 318 g/mol. The molecule has 1 heterocycles. The number of benzene rings is 2. The zero-order chi connectivity index (χ0) is 17.5. The van der Waals surface area contributed by atoms with E-state index in [1.54, 1.807) is 7.11 Å². The van der Waals surface area contributed by atoms with Gasteiger partial charge in [0.15, 0.2) is 0 Å². The van der Waals surface area contributed by atoms with E-state index in [1.165, 1.54) is 0 Å².